The third-order valence-electron chi connectivity index (χ3n) is 5.20. The predicted octanol–water partition coefficient (Wildman–Crippen LogP) is 5.58. The summed E-state index contributed by atoms with van der Waals surface area (Å²) in [6, 6.07) is -1.02. The molecule has 3 atom stereocenters. The molecule has 10 heteroatoms. The average molecular weight is 558 g/mol. The van der Waals surface area contributed by atoms with Gasteiger partial charge in [0, 0.05) is 13.0 Å². The lowest BCUT2D eigenvalue weighted by Gasteiger charge is -2.28. The molecular weight excluding hydrogens is 514 g/mol. The number of amides is 1. The number of hydrogen-bond acceptors (Lipinski definition) is 5. The highest BCUT2D eigenvalue weighted by molar-refractivity contribution is 5.81. The third-order valence-corrected chi connectivity index (χ3v) is 5.20. The second-order valence-electron chi connectivity index (χ2n) is 8.62. The van der Waals surface area contributed by atoms with Crippen LogP contribution in [0.25, 0.3) is 0 Å². The van der Waals surface area contributed by atoms with Crippen LogP contribution in [-0.2, 0) is 14.3 Å². The van der Waals surface area contributed by atoms with E-state index in [1.807, 2.05) is 19.2 Å². The number of carbonyl (C=O) groups is 1. The zero-order valence-corrected chi connectivity index (χ0v) is 23.1. The molecule has 0 spiro atoms. The summed E-state index contributed by atoms with van der Waals surface area (Å²) < 4.78 is 63.7. The molecule has 0 aliphatic heterocycles. The normalized spacial score (nSPS) is 15.1. The molecule has 0 radical (unpaired) electrons. The van der Waals surface area contributed by atoms with Crippen LogP contribution in [0.1, 0.15) is 40.0 Å². The zero-order valence-electron chi connectivity index (χ0n) is 23.1. The largest absolute Gasteiger partial charge is 0.490 e. The molecule has 4 N–H and O–H groups in total. The summed E-state index contributed by atoms with van der Waals surface area (Å²) in [4.78, 5) is 11.5. The molecule has 0 aliphatic rings. The number of ether oxygens (including phenoxy) is 2. The number of nitrogens with one attached hydrogen (secondary N) is 2. The number of rotatable bonds is 20. The van der Waals surface area contributed by atoms with E-state index < -0.39 is 24.2 Å². The van der Waals surface area contributed by atoms with Crippen molar-refractivity contribution in [2.45, 2.75) is 58.4 Å². The van der Waals surface area contributed by atoms with Crippen molar-refractivity contribution in [3.8, 4) is 0 Å². The van der Waals surface area contributed by atoms with Crippen molar-refractivity contribution in [1.29, 1.82) is 0 Å². The molecule has 0 saturated carbocycles. The molecule has 6 nitrogen and oxygen atoms in total. The van der Waals surface area contributed by atoms with Gasteiger partial charge in [0.25, 0.3) is 0 Å². The van der Waals surface area contributed by atoms with Crippen LogP contribution in [0.3, 0.4) is 0 Å². The lowest BCUT2D eigenvalue weighted by molar-refractivity contribution is -0.175. The lowest BCUT2D eigenvalue weighted by atomic mass is 10.0. The zero-order chi connectivity index (χ0) is 29.5. The molecule has 0 aromatic heterocycles. The molecule has 39 heavy (non-hydrogen) atoms. The smallest absolute Gasteiger partial charge is 0.471 e. The number of unbranched alkanes of at least 4 members (excludes halogenated alkanes) is 1. The van der Waals surface area contributed by atoms with E-state index in [0.717, 1.165) is 6.42 Å². The summed E-state index contributed by atoms with van der Waals surface area (Å²) in [7, 11) is 0. The van der Waals surface area contributed by atoms with E-state index in [4.69, 9.17) is 15.2 Å². The lowest BCUT2D eigenvalue weighted by Crippen LogP contribution is -2.49. The molecule has 0 aliphatic carbocycles. The SMILES string of the molecule is C=C/C=C(\CC(CN)CNC/C=C\C(F)=C/CCC)O[C@H](COC/C=C\C=C=CC)C(C)NC(=O)C(F)(F)F. The van der Waals surface area contributed by atoms with Gasteiger partial charge in [-0.2, -0.15) is 13.2 Å². The fraction of sp³-hybridized carbons (Fsp3) is 0.517. The second kappa shape index (κ2) is 22.0. The number of carbonyl (C=O) groups excluding carboxylic acids is 1. The van der Waals surface area contributed by atoms with Crippen LogP contribution in [0.15, 0.2) is 78.6 Å². The quantitative estimate of drug-likeness (QED) is 0.0599. The molecular formula is C29H43F4N3O3. The summed E-state index contributed by atoms with van der Waals surface area (Å²) in [6.45, 7) is 10.2. The summed E-state index contributed by atoms with van der Waals surface area (Å²) in [5, 5.41) is 5.12. The van der Waals surface area contributed by atoms with Crippen LogP contribution in [0.5, 0.6) is 0 Å². The van der Waals surface area contributed by atoms with Gasteiger partial charge in [0.15, 0.2) is 0 Å². The van der Waals surface area contributed by atoms with Crippen molar-refractivity contribution < 1.29 is 31.8 Å². The molecule has 1 amide bonds. The first kappa shape index (κ1) is 36.1. The van der Waals surface area contributed by atoms with E-state index in [1.165, 1.54) is 25.2 Å². The molecule has 0 aromatic carbocycles. The first-order valence-electron chi connectivity index (χ1n) is 13.0. The Morgan fingerprint density at radius 3 is 2.62 bits per heavy atom. The van der Waals surface area contributed by atoms with Crippen LogP contribution >= 0.6 is 0 Å². The van der Waals surface area contributed by atoms with Crippen molar-refractivity contribution in [2.75, 3.05) is 32.8 Å². The van der Waals surface area contributed by atoms with Gasteiger partial charge in [-0.15, -0.1) is 5.73 Å². The Morgan fingerprint density at radius 1 is 1.26 bits per heavy atom. The molecule has 0 fully saturated rings. The van der Waals surface area contributed by atoms with Gasteiger partial charge >= 0.3 is 12.1 Å². The molecule has 2 unspecified atom stereocenters. The number of hydrogen-bond donors (Lipinski definition) is 3. The van der Waals surface area contributed by atoms with Crippen molar-refractivity contribution in [3.05, 3.63) is 78.6 Å². The highest BCUT2D eigenvalue weighted by Crippen LogP contribution is 2.19. The Kier molecular flexibility index (Phi) is 20.3. The van der Waals surface area contributed by atoms with Gasteiger partial charge in [-0.3, -0.25) is 4.79 Å². The molecule has 220 valence electrons. The fourth-order valence-electron chi connectivity index (χ4n) is 3.09. The summed E-state index contributed by atoms with van der Waals surface area (Å²) in [6.07, 6.45) is 10.5. The maximum Gasteiger partial charge on any atom is 0.471 e. The van der Waals surface area contributed by atoms with Crippen LogP contribution in [-0.4, -0.2) is 57.1 Å². The van der Waals surface area contributed by atoms with Crippen molar-refractivity contribution >= 4 is 5.91 Å². The summed E-state index contributed by atoms with van der Waals surface area (Å²) >= 11 is 0. The minimum absolute atomic E-state index is 0.0844. The fourth-order valence-corrected chi connectivity index (χ4v) is 3.09. The molecule has 0 saturated heterocycles. The number of allylic oxidation sites excluding steroid dienone is 8. The van der Waals surface area contributed by atoms with Crippen molar-refractivity contribution in [3.63, 3.8) is 0 Å². The van der Waals surface area contributed by atoms with Crippen LogP contribution in [0.2, 0.25) is 0 Å². The van der Waals surface area contributed by atoms with E-state index in [-0.39, 0.29) is 25.0 Å². The third kappa shape index (κ3) is 18.9. The van der Waals surface area contributed by atoms with E-state index in [0.29, 0.717) is 38.2 Å². The first-order chi connectivity index (χ1) is 18.6. The van der Waals surface area contributed by atoms with Crippen LogP contribution in [0, 0.1) is 5.92 Å². The number of halogens is 4. The highest BCUT2D eigenvalue weighted by Gasteiger charge is 2.40. The van der Waals surface area contributed by atoms with Gasteiger partial charge in [0.1, 0.15) is 11.9 Å². The van der Waals surface area contributed by atoms with Gasteiger partial charge in [-0.05, 0) is 69.7 Å². The molecule has 0 aromatic rings. The Morgan fingerprint density at radius 2 is 2.00 bits per heavy atom. The van der Waals surface area contributed by atoms with Crippen molar-refractivity contribution in [2.24, 2.45) is 11.7 Å². The first-order valence-corrected chi connectivity index (χ1v) is 13.0. The monoisotopic (exact) mass is 557 g/mol. The second-order valence-corrected chi connectivity index (χ2v) is 8.62. The maximum atomic E-state index is 13.6. The van der Waals surface area contributed by atoms with Crippen LogP contribution in [0.4, 0.5) is 17.6 Å². The number of alkyl halides is 3. The molecule has 0 rings (SSSR count). The standard InChI is InChI=1S/C29H43F4N3O3/c1-5-8-10-11-12-18-38-22-27(23(4)36-28(37)29(31,32)33)39-26(14-7-3)19-24(20-34)21-35-17-13-16-25(30)15-9-6-2/h5,7,10-16,23-24,27,35H,3,6,9,17-22,34H2,1-2,4H3,(H,36,37)/b12-11-,16-13-,25-15+,26-14+/t8?,23?,24?,27-/m1/s1. The van der Waals surface area contributed by atoms with Gasteiger partial charge < -0.3 is 25.8 Å². The van der Waals surface area contributed by atoms with Gasteiger partial charge in [0.05, 0.1) is 25.0 Å². The minimum atomic E-state index is -5.03. The van der Waals surface area contributed by atoms with E-state index >= 15 is 0 Å². The minimum Gasteiger partial charge on any atom is -0.490 e. The Labute approximate surface area is 230 Å². The molecule has 0 heterocycles. The topological polar surface area (TPSA) is 85.6 Å². The van der Waals surface area contributed by atoms with E-state index in [1.54, 1.807) is 36.5 Å². The van der Waals surface area contributed by atoms with Crippen LogP contribution < -0.4 is 16.4 Å². The van der Waals surface area contributed by atoms with Gasteiger partial charge in [-0.25, -0.2) is 4.39 Å². The Balaban J connectivity index is 5.28. The van der Waals surface area contributed by atoms with Crippen molar-refractivity contribution in [1.82, 2.24) is 10.6 Å². The van der Waals surface area contributed by atoms with E-state index in [9.17, 15) is 22.4 Å². The maximum absolute atomic E-state index is 13.6. The molecule has 0 bridgehead atoms. The highest BCUT2D eigenvalue weighted by atomic mass is 19.4. The van der Waals surface area contributed by atoms with E-state index in [2.05, 4.69) is 17.6 Å². The Bertz CT molecular complexity index is 889. The summed E-state index contributed by atoms with van der Waals surface area (Å²) in [5.41, 5.74) is 8.80. The average Bonchev–Trinajstić information content (AvgIpc) is 2.89. The predicted molar refractivity (Wildman–Crippen MR) is 148 cm³/mol. The van der Waals surface area contributed by atoms with Gasteiger partial charge in [-0.1, -0.05) is 44.2 Å². The summed E-state index contributed by atoms with van der Waals surface area (Å²) in [5.74, 6) is -2.01. The van der Waals surface area contributed by atoms with Gasteiger partial charge in [0.2, 0.25) is 0 Å². The Hall–Kier alpha value is -2.91. The number of nitrogens with two attached hydrogens (primary N) is 1.